The third-order valence-electron chi connectivity index (χ3n) is 20.2. The fraction of sp³-hybridized carbons (Fsp3) is 0.184. The number of halogens is 5. The molecule has 0 spiro atoms. The lowest BCUT2D eigenvalue weighted by molar-refractivity contribution is -0.385. The average molecular weight is 1750 g/mol. The molecule has 30 heteroatoms. The number of hydrogen-bond donors (Lipinski definition) is 7. The normalized spacial score (nSPS) is 11.4. The predicted octanol–water partition coefficient (Wildman–Crippen LogP) is 21.3. The van der Waals surface area contributed by atoms with Gasteiger partial charge in [-0.25, -0.2) is 22.0 Å². The van der Waals surface area contributed by atoms with E-state index in [-0.39, 0.29) is 79.8 Å². The fourth-order valence-corrected chi connectivity index (χ4v) is 13.3. The number of para-hydroxylation sites is 1. The molecule has 13 aromatic carbocycles. The van der Waals surface area contributed by atoms with Crippen LogP contribution in [0.3, 0.4) is 0 Å². The highest BCUT2D eigenvalue weighted by atomic mass is 19.1. The lowest BCUT2D eigenvalue weighted by Crippen LogP contribution is -2.14. The molecule has 25 nitrogen and oxygen atoms in total. The quantitative estimate of drug-likeness (QED) is 0.00661. The molecule has 0 saturated heterocycles. The van der Waals surface area contributed by atoms with Gasteiger partial charge in [-0.3, -0.25) is 29.8 Å². The summed E-state index contributed by atoms with van der Waals surface area (Å²) < 4.78 is 127. The molecule has 0 saturated carbocycles. The van der Waals surface area contributed by atoms with Crippen molar-refractivity contribution in [3.05, 3.63) is 357 Å². The molecule has 0 radical (unpaired) electrons. The zero-order valence-corrected chi connectivity index (χ0v) is 70.3. The first-order valence-corrected chi connectivity index (χ1v) is 39.6. The highest BCUT2D eigenvalue weighted by Crippen LogP contribution is 2.53. The molecule has 15 rings (SSSR count). The summed E-state index contributed by atoms with van der Waals surface area (Å²) in [4.78, 5) is 42.4. The van der Waals surface area contributed by atoms with Crippen LogP contribution in [0.4, 0.5) is 39.0 Å². The summed E-state index contributed by atoms with van der Waals surface area (Å²) >= 11 is 0. The van der Waals surface area contributed by atoms with E-state index in [1.165, 1.54) is 48.5 Å². The molecule has 8 N–H and O–H groups in total. The number of aldehydes is 2. The van der Waals surface area contributed by atoms with Crippen LogP contribution < -0.4 is 53.1 Å². The fourth-order valence-electron chi connectivity index (χ4n) is 13.3. The van der Waals surface area contributed by atoms with Crippen molar-refractivity contribution < 1.29 is 119 Å². The largest absolute Gasteiger partial charge is 0.508 e. The number of rotatable bonds is 26. The summed E-state index contributed by atoms with van der Waals surface area (Å²) in [7, 11) is 0. The van der Waals surface area contributed by atoms with Gasteiger partial charge in [0.05, 0.1) is 22.0 Å². The number of fused-ring (bicyclic) bond motifs is 4. The van der Waals surface area contributed by atoms with Crippen molar-refractivity contribution in [3.63, 3.8) is 0 Å². The van der Waals surface area contributed by atoms with E-state index in [2.05, 4.69) is 0 Å². The van der Waals surface area contributed by atoms with Gasteiger partial charge >= 0.3 is 0 Å². The molecule has 0 atom stereocenters. The summed E-state index contributed by atoms with van der Waals surface area (Å²) in [6.45, 7) is 17.3. The third kappa shape index (κ3) is 23.8. The number of carbonyl (C=O) groups is 2. The number of phenolic OH excluding ortho intramolecular Hbond substituents is 6. The van der Waals surface area contributed by atoms with E-state index >= 15 is 0 Å². The van der Waals surface area contributed by atoms with Gasteiger partial charge in [0.15, 0.2) is 57.8 Å². The molecule has 0 aromatic heterocycles. The van der Waals surface area contributed by atoms with Crippen molar-refractivity contribution in [3.8, 4) is 103 Å². The Morgan fingerprint density at radius 3 is 0.922 bits per heavy atom. The molecule has 0 unspecified atom stereocenters. The SMILES string of the molecule is Cc1ccc(C2c3cc(F)c(O)cc3Oc3cc(O)c(F)cc32)cc1OCCOc1cc([N+](=O)[O-])ccc1C.Cc1ccc(C=O)cc1OCCOc1cc([N+](=O)[O-])ccc1C.Cc1ccc(N)cc1OCCOc1cc(C2c3cc(F)c(O)cc3Oc3cc(O)c(F)cc32)ccc1C.Cc1ccccc1OCCOc1cc(C=O)ccc1C.Oc1ccc(F)c(O)c1. The maximum Gasteiger partial charge on any atom is 0.273 e. The Balaban J connectivity index is 0.000000165. The highest BCUT2D eigenvalue weighted by Gasteiger charge is 2.35. The summed E-state index contributed by atoms with van der Waals surface area (Å²) in [5.41, 5.74) is 17.6. The molecule has 13 aromatic rings. The molecule has 0 aliphatic carbocycles. The van der Waals surface area contributed by atoms with E-state index in [1.54, 1.807) is 79.7 Å². The Morgan fingerprint density at radius 1 is 0.320 bits per heavy atom. The van der Waals surface area contributed by atoms with Gasteiger partial charge in [0.2, 0.25) is 0 Å². The second kappa shape index (κ2) is 42.6. The molecule has 0 bridgehead atoms. The number of carbonyl (C=O) groups excluding carboxylic acids is 2. The summed E-state index contributed by atoms with van der Waals surface area (Å²) in [5, 5.41) is 78.6. The van der Waals surface area contributed by atoms with Crippen LogP contribution in [0.1, 0.15) is 110 Å². The molecule has 662 valence electrons. The number of anilines is 1. The van der Waals surface area contributed by atoms with Crippen LogP contribution in [0, 0.1) is 105 Å². The number of aryl methyl sites for hydroxylation is 8. The highest BCUT2D eigenvalue weighted by molar-refractivity contribution is 5.76. The molecular weight excluding hydrogens is 1670 g/mol. The molecule has 0 fully saturated rings. The van der Waals surface area contributed by atoms with Gasteiger partial charge in [-0.2, -0.15) is 0 Å². The predicted molar refractivity (Wildman–Crippen MR) is 466 cm³/mol. The number of aromatic hydroxyl groups is 6. The second-order valence-corrected chi connectivity index (χ2v) is 29.4. The van der Waals surface area contributed by atoms with Crippen molar-refractivity contribution in [2.24, 2.45) is 0 Å². The number of phenols is 6. The van der Waals surface area contributed by atoms with E-state index in [1.807, 2.05) is 103 Å². The Labute approximate surface area is 731 Å². The summed E-state index contributed by atoms with van der Waals surface area (Å²) in [6.07, 6.45) is 1.57. The maximum atomic E-state index is 14.4. The Hall–Kier alpha value is -15.8. The number of nitro groups is 2. The molecule has 2 aliphatic heterocycles. The van der Waals surface area contributed by atoms with Gasteiger partial charge in [0.1, 0.15) is 140 Å². The summed E-state index contributed by atoms with van der Waals surface area (Å²) in [6, 6.07) is 55.9. The average Bonchev–Trinajstić information content (AvgIpc) is 0.748. The monoisotopic (exact) mass is 1750 g/mol. The standard InChI is InChI=1S/C29H23F2NO7.C29H25F2NO5.C17H17NO5.C17H18O3.C6H5FO2/c1-15-3-5-17(9-25(15)37-7-8-38-26-10-18(32(35)36)6-4-16(26)2)29-19-11-21(30)23(33)13-27(19)39-28-14-24(34)22(31)12-20(28)29;1-15-3-5-17(9-25(15)35-7-8-36-26-10-18(32)6-4-16(26)2)29-19-11-21(30)23(33)13-27(19)37-28-14-24(34)22(31)12-20(28)29;1-12-3-5-14(11-19)9-16(12)22-7-8-23-17-10-15(18(20)21)6-4-13(17)2;1-13-5-3-4-6-16(13)19-9-10-20-17-11-15(12-18)8-7-14(17)2;7-5-2-1-4(8)3-6(5)9/h3-6,9-14,29,33-34H,7-8H2,1-2H3;3-6,9-14,29,33-34H,7-8,32H2,1-2H3;3-6,9-11H,7-8H2,1-2H3;3-8,11-12H,9-10H2,1-2H3;1-3,8-9H. The Bertz CT molecular complexity index is 6140. The Kier molecular flexibility index (Phi) is 30.9. The van der Waals surface area contributed by atoms with Crippen molar-refractivity contribution in [2.45, 2.75) is 67.2 Å². The van der Waals surface area contributed by atoms with Gasteiger partial charge in [-0.1, -0.05) is 72.8 Å². The molecule has 2 heterocycles. The number of benzene rings is 13. The van der Waals surface area contributed by atoms with Crippen LogP contribution in [-0.4, -0.2) is 106 Å². The van der Waals surface area contributed by atoms with Crippen LogP contribution in [0.5, 0.6) is 103 Å². The number of nitro benzene ring substituents is 2. The number of non-ortho nitro benzene ring substituents is 2. The van der Waals surface area contributed by atoms with Crippen molar-refractivity contribution in [1.29, 1.82) is 0 Å². The first kappa shape index (κ1) is 93.0. The van der Waals surface area contributed by atoms with Crippen molar-refractivity contribution in [1.82, 2.24) is 0 Å². The van der Waals surface area contributed by atoms with E-state index in [0.717, 1.165) is 111 Å². The molecule has 0 amide bonds. The molecule has 2 aliphatic rings. The van der Waals surface area contributed by atoms with Gasteiger partial charge < -0.3 is 83.7 Å². The van der Waals surface area contributed by atoms with Crippen LogP contribution in [0.2, 0.25) is 0 Å². The van der Waals surface area contributed by atoms with E-state index in [0.29, 0.717) is 97.9 Å². The molecular formula is C98H88F5N3O22. The van der Waals surface area contributed by atoms with Gasteiger partial charge in [0.25, 0.3) is 11.4 Å². The third-order valence-corrected chi connectivity index (χ3v) is 20.2. The minimum atomic E-state index is -0.859. The van der Waals surface area contributed by atoms with Crippen molar-refractivity contribution in [2.75, 3.05) is 58.6 Å². The topological polar surface area (TPSA) is 360 Å². The van der Waals surface area contributed by atoms with E-state index in [4.69, 9.17) is 63.3 Å². The maximum absolute atomic E-state index is 14.4. The summed E-state index contributed by atoms with van der Waals surface area (Å²) in [5.74, 6) is -2.90. The minimum Gasteiger partial charge on any atom is -0.508 e. The van der Waals surface area contributed by atoms with E-state index < -0.39 is 79.5 Å². The lowest BCUT2D eigenvalue weighted by Gasteiger charge is -2.29. The van der Waals surface area contributed by atoms with Crippen LogP contribution in [0.15, 0.2) is 218 Å². The number of nitrogens with zero attached hydrogens (tertiary/aromatic N) is 2. The zero-order valence-electron chi connectivity index (χ0n) is 70.3. The molecule has 128 heavy (non-hydrogen) atoms. The number of hydrogen-bond acceptors (Lipinski definition) is 23. The van der Waals surface area contributed by atoms with Gasteiger partial charge in [-0.05, 0) is 196 Å². The second-order valence-electron chi connectivity index (χ2n) is 29.4. The van der Waals surface area contributed by atoms with Crippen LogP contribution in [-0.2, 0) is 0 Å². The first-order valence-electron chi connectivity index (χ1n) is 39.6. The number of nitrogens with two attached hydrogens (primary N) is 1. The number of nitrogen functional groups attached to an aromatic ring is 1. The zero-order chi connectivity index (χ0) is 92.2. The Morgan fingerprint density at radius 2 is 0.602 bits per heavy atom. The van der Waals surface area contributed by atoms with Crippen molar-refractivity contribution >= 4 is 29.6 Å². The number of ether oxygens (including phenoxy) is 10. The van der Waals surface area contributed by atoms with Crippen LogP contribution in [0.25, 0.3) is 0 Å². The minimum absolute atomic E-state index is 0.0129. The first-order chi connectivity index (χ1) is 61.2. The lowest BCUT2D eigenvalue weighted by atomic mass is 9.82. The van der Waals surface area contributed by atoms with Crippen LogP contribution >= 0.6 is 0 Å². The smallest absolute Gasteiger partial charge is 0.273 e. The van der Waals surface area contributed by atoms with Gasteiger partial charge in [-0.15, -0.1) is 0 Å². The van der Waals surface area contributed by atoms with E-state index in [9.17, 15) is 72.2 Å². The van der Waals surface area contributed by atoms with Gasteiger partial charge in [0, 0.05) is 99.4 Å².